The van der Waals surface area contributed by atoms with Crippen LogP contribution in [-0.2, 0) is 12.8 Å². The van der Waals surface area contributed by atoms with E-state index in [-0.39, 0.29) is 0 Å². The third-order valence-corrected chi connectivity index (χ3v) is 7.44. The van der Waals surface area contributed by atoms with Gasteiger partial charge < -0.3 is 4.42 Å². The van der Waals surface area contributed by atoms with Crippen LogP contribution in [0.3, 0.4) is 0 Å². The molecular formula is C15H16Cl2N2OS2. The predicted molar refractivity (Wildman–Crippen MR) is 92.1 cm³/mol. The first-order valence-corrected chi connectivity index (χ1v) is 10.0. The van der Waals surface area contributed by atoms with Crippen molar-refractivity contribution in [3.8, 4) is 10.8 Å². The molecule has 2 aromatic rings. The number of hydrogen-bond acceptors (Lipinski definition) is 5. The van der Waals surface area contributed by atoms with Gasteiger partial charge in [-0.15, -0.1) is 44.7 Å². The molecule has 1 saturated carbocycles. The monoisotopic (exact) mass is 374 g/mol. The summed E-state index contributed by atoms with van der Waals surface area (Å²) in [6.07, 6.45) is 4.46. The predicted octanol–water partition coefficient (Wildman–Crippen LogP) is 5.21. The van der Waals surface area contributed by atoms with Gasteiger partial charge in [0.2, 0.25) is 0 Å². The topological polar surface area (TPSA) is 38.9 Å². The van der Waals surface area contributed by atoms with E-state index < -0.39 is 4.33 Å². The molecule has 3 nitrogen and oxygen atoms in total. The summed E-state index contributed by atoms with van der Waals surface area (Å²) in [6.45, 7) is 2.31. The minimum Gasteiger partial charge on any atom is -0.410 e. The average molecular weight is 375 g/mol. The number of hydrogen-bond donors (Lipinski definition) is 0. The fraction of sp³-hybridized carbons (Fsp3) is 0.600. The number of halogens is 2. The quantitative estimate of drug-likeness (QED) is 0.543. The molecular weight excluding hydrogens is 359 g/mol. The highest BCUT2D eigenvalue weighted by molar-refractivity contribution is 7.99. The van der Waals surface area contributed by atoms with Crippen molar-refractivity contribution < 1.29 is 4.42 Å². The maximum absolute atomic E-state index is 6.03. The Kier molecular flexibility index (Phi) is 3.96. The molecule has 2 aromatic heterocycles. The normalized spacial score (nSPS) is 26.0. The summed E-state index contributed by atoms with van der Waals surface area (Å²) in [4.78, 5) is 2.57. The molecule has 118 valence electrons. The van der Waals surface area contributed by atoms with Gasteiger partial charge in [-0.3, -0.25) is 0 Å². The Balaban J connectivity index is 1.45. The standard InChI is InChI=1S/C15H16Cl2N2OS2/c1-8-2-3-11-9(4-8)5-12(22-11)13-18-19-14(20-13)21-7-10-6-15(10,16)17/h5,8,10H,2-4,6-7H2,1H3/t8-,10+/m0/s1. The van der Waals surface area contributed by atoms with Crippen molar-refractivity contribution in [2.75, 3.05) is 5.75 Å². The largest absolute Gasteiger partial charge is 0.410 e. The van der Waals surface area contributed by atoms with Gasteiger partial charge in [-0.25, -0.2) is 0 Å². The number of rotatable bonds is 4. The van der Waals surface area contributed by atoms with Crippen molar-refractivity contribution in [1.82, 2.24) is 10.2 Å². The Labute approximate surface area is 147 Å². The summed E-state index contributed by atoms with van der Waals surface area (Å²) >= 11 is 15.4. The molecule has 0 amide bonds. The van der Waals surface area contributed by atoms with Crippen molar-refractivity contribution in [3.05, 3.63) is 16.5 Å². The maximum Gasteiger partial charge on any atom is 0.276 e. The van der Waals surface area contributed by atoms with E-state index in [0.29, 0.717) is 17.0 Å². The smallest absolute Gasteiger partial charge is 0.276 e. The Bertz CT molecular complexity index is 698. The van der Waals surface area contributed by atoms with Gasteiger partial charge in [-0.2, -0.15) is 0 Å². The summed E-state index contributed by atoms with van der Waals surface area (Å²) in [5.74, 6) is 2.56. The van der Waals surface area contributed by atoms with Crippen LogP contribution in [0.25, 0.3) is 10.8 Å². The second-order valence-electron chi connectivity index (χ2n) is 6.25. The first-order valence-electron chi connectivity index (χ1n) is 7.47. The molecule has 2 heterocycles. The van der Waals surface area contributed by atoms with E-state index in [2.05, 4.69) is 23.2 Å². The van der Waals surface area contributed by atoms with Crippen LogP contribution in [0.1, 0.15) is 30.2 Å². The van der Waals surface area contributed by atoms with E-state index in [0.717, 1.165) is 29.4 Å². The van der Waals surface area contributed by atoms with E-state index in [1.54, 1.807) is 11.3 Å². The van der Waals surface area contributed by atoms with Crippen LogP contribution in [0, 0.1) is 11.8 Å². The molecule has 0 spiro atoms. The van der Waals surface area contributed by atoms with Crippen LogP contribution in [0.15, 0.2) is 15.7 Å². The lowest BCUT2D eigenvalue weighted by Crippen LogP contribution is -2.07. The number of thiophene rings is 1. The van der Waals surface area contributed by atoms with E-state index in [1.807, 2.05) is 0 Å². The lowest BCUT2D eigenvalue weighted by Gasteiger charge is -2.16. The number of aromatic nitrogens is 2. The lowest BCUT2D eigenvalue weighted by atomic mass is 9.90. The summed E-state index contributed by atoms with van der Waals surface area (Å²) in [6, 6.07) is 2.22. The molecule has 0 aromatic carbocycles. The van der Waals surface area contributed by atoms with E-state index in [1.165, 1.54) is 35.0 Å². The minimum atomic E-state index is -0.542. The van der Waals surface area contributed by atoms with Crippen molar-refractivity contribution in [1.29, 1.82) is 0 Å². The van der Waals surface area contributed by atoms with Crippen molar-refractivity contribution in [2.45, 2.75) is 42.2 Å². The number of fused-ring (bicyclic) bond motifs is 1. The van der Waals surface area contributed by atoms with Crippen LogP contribution in [0.4, 0.5) is 0 Å². The van der Waals surface area contributed by atoms with Gasteiger partial charge in [0.1, 0.15) is 4.33 Å². The lowest BCUT2D eigenvalue weighted by molar-refractivity contribution is 0.466. The second kappa shape index (κ2) is 5.69. The van der Waals surface area contributed by atoms with E-state index in [9.17, 15) is 0 Å². The summed E-state index contributed by atoms with van der Waals surface area (Å²) in [5, 5.41) is 8.92. The highest BCUT2D eigenvalue weighted by atomic mass is 35.5. The summed E-state index contributed by atoms with van der Waals surface area (Å²) in [7, 11) is 0. The molecule has 0 radical (unpaired) electrons. The van der Waals surface area contributed by atoms with Crippen molar-refractivity contribution >= 4 is 46.3 Å². The SMILES string of the molecule is C[C@H]1CCc2sc(-c3nnc(SC[C@H]4CC4(Cl)Cl)o3)cc2C1. The van der Waals surface area contributed by atoms with Gasteiger partial charge in [0.15, 0.2) is 0 Å². The Hall–Kier alpha value is -0.230. The molecule has 4 rings (SSSR count). The van der Waals surface area contributed by atoms with Gasteiger partial charge in [-0.1, -0.05) is 18.7 Å². The van der Waals surface area contributed by atoms with Crippen LogP contribution in [0.5, 0.6) is 0 Å². The second-order valence-corrected chi connectivity index (χ2v) is 9.90. The molecule has 2 atom stereocenters. The average Bonchev–Trinajstić information content (AvgIpc) is 2.88. The molecule has 0 unspecified atom stereocenters. The summed E-state index contributed by atoms with van der Waals surface area (Å²) in [5.41, 5.74) is 1.46. The molecule has 7 heteroatoms. The zero-order chi connectivity index (χ0) is 15.3. The highest BCUT2D eigenvalue weighted by Gasteiger charge is 2.51. The Morgan fingerprint density at radius 1 is 1.45 bits per heavy atom. The first-order chi connectivity index (χ1) is 10.5. The molecule has 2 aliphatic carbocycles. The van der Waals surface area contributed by atoms with Gasteiger partial charge in [-0.05, 0) is 43.2 Å². The van der Waals surface area contributed by atoms with Gasteiger partial charge in [0, 0.05) is 16.5 Å². The zero-order valence-corrected chi connectivity index (χ0v) is 15.3. The Morgan fingerprint density at radius 2 is 2.27 bits per heavy atom. The fourth-order valence-electron chi connectivity index (χ4n) is 2.80. The van der Waals surface area contributed by atoms with Crippen LogP contribution < -0.4 is 0 Å². The molecule has 1 fully saturated rings. The molecule has 0 N–H and O–H groups in total. The highest BCUT2D eigenvalue weighted by Crippen LogP contribution is 2.54. The van der Waals surface area contributed by atoms with Crippen molar-refractivity contribution in [2.24, 2.45) is 11.8 Å². The minimum absolute atomic E-state index is 0.326. The Morgan fingerprint density at radius 3 is 3.05 bits per heavy atom. The maximum atomic E-state index is 6.03. The van der Waals surface area contributed by atoms with Crippen LogP contribution in [0.2, 0.25) is 0 Å². The summed E-state index contributed by atoms with van der Waals surface area (Å²) < 4.78 is 5.24. The van der Waals surface area contributed by atoms with E-state index >= 15 is 0 Å². The third kappa shape index (κ3) is 3.05. The molecule has 2 aliphatic rings. The molecule has 22 heavy (non-hydrogen) atoms. The molecule has 0 aliphatic heterocycles. The van der Waals surface area contributed by atoms with Crippen LogP contribution in [-0.4, -0.2) is 20.3 Å². The van der Waals surface area contributed by atoms with E-state index in [4.69, 9.17) is 27.6 Å². The van der Waals surface area contributed by atoms with Crippen LogP contribution >= 0.6 is 46.3 Å². The first kappa shape index (κ1) is 15.3. The zero-order valence-electron chi connectivity index (χ0n) is 12.1. The molecule has 0 bridgehead atoms. The fourth-order valence-corrected chi connectivity index (χ4v) is 5.62. The number of aryl methyl sites for hydroxylation is 1. The molecule has 0 saturated heterocycles. The van der Waals surface area contributed by atoms with Gasteiger partial charge in [0.25, 0.3) is 11.1 Å². The third-order valence-electron chi connectivity index (χ3n) is 4.31. The number of alkyl halides is 2. The number of thioether (sulfide) groups is 1. The van der Waals surface area contributed by atoms with Gasteiger partial charge in [0.05, 0.1) is 4.88 Å². The number of nitrogens with zero attached hydrogens (tertiary/aromatic N) is 2. The van der Waals surface area contributed by atoms with Crippen molar-refractivity contribution in [3.63, 3.8) is 0 Å². The van der Waals surface area contributed by atoms with Gasteiger partial charge >= 0.3 is 0 Å².